The van der Waals surface area contributed by atoms with Crippen LogP contribution in [0.15, 0.2) is 40.9 Å². The quantitative estimate of drug-likeness (QED) is 0.275. The number of ether oxygens (including phenoxy) is 1. The van der Waals surface area contributed by atoms with E-state index in [0.717, 1.165) is 10.9 Å². The molecule has 4 atom stereocenters. The lowest BCUT2D eigenvalue weighted by Gasteiger charge is -2.33. The fourth-order valence-corrected chi connectivity index (χ4v) is 6.09. The molecule has 7 heteroatoms. The first-order chi connectivity index (χ1) is 14.9. The van der Waals surface area contributed by atoms with Crippen molar-refractivity contribution in [3.05, 3.63) is 46.5 Å². The van der Waals surface area contributed by atoms with Gasteiger partial charge < -0.3 is 4.74 Å². The lowest BCUT2D eigenvalue weighted by molar-refractivity contribution is -0.149. The van der Waals surface area contributed by atoms with Crippen molar-refractivity contribution in [2.24, 2.45) is 29.6 Å². The van der Waals surface area contributed by atoms with E-state index in [2.05, 4.69) is 28.1 Å². The Kier molecular flexibility index (Phi) is 5.32. The third-order valence-electron chi connectivity index (χ3n) is 7.41. The maximum Gasteiger partial charge on any atom is 0.309 e. The molecular weight excluding hydrogens is 462 g/mol. The average Bonchev–Trinajstić information content (AvgIpc) is 3.46. The number of rotatable bonds is 5. The first-order valence-electron chi connectivity index (χ1n) is 10.9. The van der Waals surface area contributed by atoms with E-state index < -0.39 is 0 Å². The first kappa shape index (κ1) is 20.6. The number of carbonyl (C=O) groups is 4. The van der Waals surface area contributed by atoms with E-state index in [1.807, 2.05) is 0 Å². The summed E-state index contributed by atoms with van der Waals surface area (Å²) < 4.78 is 6.15. The van der Waals surface area contributed by atoms with Gasteiger partial charge in [-0.25, -0.2) is 0 Å². The standard InChI is InChI=1S/C24H24BrNO5/c25-17-7-3-13(4-8-17)19(27)12-31-24(30)14-5-9-18(10-6-14)26-22(28)20-15-1-2-16(11-15)21(20)23(26)29/h1-4,7-8,14-16,18,20-21H,5-6,9-12H2. The van der Waals surface area contributed by atoms with Gasteiger partial charge in [-0.1, -0.05) is 40.2 Å². The van der Waals surface area contributed by atoms with Crippen molar-refractivity contribution < 1.29 is 23.9 Å². The van der Waals surface area contributed by atoms with Crippen molar-refractivity contribution in [1.29, 1.82) is 0 Å². The fourth-order valence-electron chi connectivity index (χ4n) is 5.83. The summed E-state index contributed by atoms with van der Waals surface area (Å²) in [6.45, 7) is -0.275. The zero-order valence-electron chi connectivity index (χ0n) is 17.0. The molecular formula is C24H24BrNO5. The summed E-state index contributed by atoms with van der Waals surface area (Å²) in [7, 11) is 0. The molecule has 0 radical (unpaired) electrons. The number of allylic oxidation sites excluding steroid dienone is 2. The third-order valence-corrected chi connectivity index (χ3v) is 7.94. The summed E-state index contributed by atoms with van der Waals surface area (Å²) in [6.07, 6.45) is 7.48. The normalized spacial score (nSPS) is 33.6. The van der Waals surface area contributed by atoms with E-state index in [0.29, 0.717) is 31.2 Å². The topological polar surface area (TPSA) is 80.8 Å². The summed E-state index contributed by atoms with van der Waals surface area (Å²) in [6, 6.07) is 6.79. The number of benzene rings is 1. The maximum absolute atomic E-state index is 13.0. The molecule has 2 saturated carbocycles. The van der Waals surface area contributed by atoms with Gasteiger partial charge in [-0.2, -0.15) is 0 Å². The van der Waals surface area contributed by atoms with Gasteiger partial charge >= 0.3 is 5.97 Å². The van der Waals surface area contributed by atoms with Crippen molar-refractivity contribution in [3.8, 4) is 0 Å². The fraction of sp³-hybridized carbons (Fsp3) is 0.500. The summed E-state index contributed by atoms with van der Waals surface area (Å²) in [5, 5.41) is 0. The van der Waals surface area contributed by atoms with E-state index >= 15 is 0 Å². The lowest BCUT2D eigenvalue weighted by atomic mass is 9.85. The smallest absolute Gasteiger partial charge is 0.309 e. The Morgan fingerprint density at radius 2 is 1.52 bits per heavy atom. The van der Waals surface area contributed by atoms with Gasteiger partial charge in [-0.05, 0) is 56.1 Å². The van der Waals surface area contributed by atoms with Gasteiger partial charge in [0, 0.05) is 16.1 Å². The van der Waals surface area contributed by atoms with Crippen LogP contribution in [0.3, 0.4) is 0 Å². The summed E-state index contributed by atoms with van der Waals surface area (Å²) >= 11 is 3.32. The van der Waals surface area contributed by atoms with E-state index in [-0.39, 0.29) is 65.8 Å². The minimum Gasteiger partial charge on any atom is -0.457 e. The molecule has 1 aromatic carbocycles. The highest BCUT2D eigenvalue weighted by molar-refractivity contribution is 9.10. The molecule has 1 saturated heterocycles. The Morgan fingerprint density at radius 1 is 0.935 bits per heavy atom. The molecule has 162 valence electrons. The highest BCUT2D eigenvalue weighted by Gasteiger charge is 2.60. The lowest BCUT2D eigenvalue weighted by Crippen LogP contribution is -2.44. The molecule has 4 aliphatic rings. The minimum atomic E-state index is -0.373. The second-order valence-corrected chi connectivity index (χ2v) is 10.0. The molecule has 3 aliphatic carbocycles. The predicted molar refractivity (Wildman–Crippen MR) is 115 cm³/mol. The molecule has 0 N–H and O–H groups in total. The van der Waals surface area contributed by atoms with Crippen LogP contribution >= 0.6 is 15.9 Å². The van der Waals surface area contributed by atoms with E-state index in [9.17, 15) is 19.2 Å². The van der Waals surface area contributed by atoms with Crippen molar-refractivity contribution in [1.82, 2.24) is 4.90 Å². The number of nitrogens with zero attached hydrogens (tertiary/aromatic N) is 1. The molecule has 2 bridgehead atoms. The number of hydrogen-bond donors (Lipinski definition) is 0. The van der Waals surface area contributed by atoms with Gasteiger partial charge in [0.25, 0.3) is 0 Å². The van der Waals surface area contributed by atoms with Crippen molar-refractivity contribution in [2.75, 3.05) is 6.61 Å². The molecule has 0 aromatic heterocycles. The van der Waals surface area contributed by atoms with Crippen LogP contribution in [-0.2, 0) is 19.1 Å². The summed E-state index contributed by atoms with van der Waals surface area (Å²) in [4.78, 5) is 52.1. The second kappa shape index (κ2) is 8.01. The minimum absolute atomic E-state index is 0.0158. The summed E-state index contributed by atoms with van der Waals surface area (Å²) in [5.41, 5.74) is 0.500. The number of ketones is 1. The molecule has 1 heterocycles. The highest BCUT2D eigenvalue weighted by atomic mass is 79.9. The highest BCUT2D eigenvalue weighted by Crippen LogP contribution is 2.53. The zero-order valence-corrected chi connectivity index (χ0v) is 18.6. The maximum atomic E-state index is 13.0. The molecule has 6 nitrogen and oxygen atoms in total. The SMILES string of the molecule is O=C(COC(=O)C1CCC(N2C(=O)C3C4C=CC(C4)C3C2=O)CC1)c1ccc(Br)cc1. The number of likely N-dealkylation sites (tertiary alicyclic amines) is 1. The number of carbonyl (C=O) groups excluding carboxylic acids is 4. The van der Waals surface area contributed by atoms with Crippen LogP contribution < -0.4 is 0 Å². The first-order valence-corrected chi connectivity index (χ1v) is 11.7. The number of esters is 1. The number of fused-ring (bicyclic) bond motifs is 5. The van der Waals surface area contributed by atoms with Crippen LogP contribution in [0.5, 0.6) is 0 Å². The molecule has 5 rings (SSSR count). The Balaban J connectivity index is 1.13. The van der Waals surface area contributed by atoms with Gasteiger partial charge in [-0.15, -0.1) is 0 Å². The number of Topliss-reactive ketones (excluding diaryl/α,β-unsaturated/α-hetero) is 1. The largest absolute Gasteiger partial charge is 0.457 e. The predicted octanol–water partition coefficient (Wildman–Crippen LogP) is 3.54. The van der Waals surface area contributed by atoms with E-state index in [1.165, 1.54) is 4.90 Å². The number of hydrogen-bond acceptors (Lipinski definition) is 5. The molecule has 31 heavy (non-hydrogen) atoms. The van der Waals surface area contributed by atoms with Crippen LogP contribution in [0.25, 0.3) is 0 Å². The Morgan fingerprint density at radius 3 is 2.10 bits per heavy atom. The Labute approximate surface area is 189 Å². The molecule has 0 spiro atoms. The van der Waals surface area contributed by atoms with Crippen molar-refractivity contribution in [2.45, 2.75) is 38.1 Å². The number of imide groups is 1. The van der Waals surface area contributed by atoms with Crippen LogP contribution in [0.2, 0.25) is 0 Å². The van der Waals surface area contributed by atoms with Gasteiger partial charge in [0.2, 0.25) is 11.8 Å². The van der Waals surface area contributed by atoms with Crippen molar-refractivity contribution in [3.63, 3.8) is 0 Å². The zero-order chi connectivity index (χ0) is 21.7. The molecule has 3 fully saturated rings. The molecule has 1 aliphatic heterocycles. The van der Waals surface area contributed by atoms with Crippen LogP contribution in [-0.4, -0.2) is 41.1 Å². The third kappa shape index (κ3) is 3.56. The van der Waals surface area contributed by atoms with Gasteiger partial charge in [0.05, 0.1) is 17.8 Å². The Bertz CT molecular complexity index is 933. The van der Waals surface area contributed by atoms with Crippen LogP contribution in [0, 0.1) is 29.6 Å². The Hall–Kier alpha value is -2.28. The summed E-state index contributed by atoms with van der Waals surface area (Å²) in [5.74, 6) is -0.851. The van der Waals surface area contributed by atoms with E-state index in [1.54, 1.807) is 24.3 Å². The average molecular weight is 486 g/mol. The van der Waals surface area contributed by atoms with Crippen LogP contribution in [0.4, 0.5) is 0 Å². The molecule has 2 amide bonds. The molecule has 4 unspecified atom stereocenters. The van der Waals surface area contributed by atoms with Gasteiger partial charge in [-0.3, -0.25) is 24.1 Å². The van der Waals surface area contributed by atoms with Gasteiger partial charge in [0.1, 0.15) is 0 Å². The second-order valence-electron chi connectivity index (χ2n) is 9.09. The molecule has 1 aromatic rings. The van der Waals surface area contributed by atoms with Crippen molar-refractivity contribution >= 4 is 39.5 Å². The monoisotopic (exact) mass is 485 g/mol. The van der Waals surface area contributed by atoms with E-state index in [4.69, 9.17) is 4.74 Å². The van der Waals surface area contributed by atoms with Crippen LogP contribution in [0.1, 0.15) is 42.5 Å². The number of amides is 2. The number of halogens is 1. The van der Waals surface area contributed by atoms with Gasteiger partial charge in [0.15, 0.2) is 12.4 Å².